The average Bonchev–Trinajstić information content (AvgIpc) is 2.66. The van der Waals surface area contributed by atoms with Crippen LogP contribution in [0.25, 0.3) is 10.9 Å². The third-order valence-electron chi connectivity index (χ3n) is 3.86. The number of nitrogens with zero attached hydrogens (tertiary/aromatic N) is 2. The van der Waals surface area contributed by atoms with E-state index >= 15 is 0 Å². The van der Waals surface area contributed by atoms with E-state index in [0.29, 0.717) is 22.5 Å². The van der Waals surface area contributed by atoms with Crippen LogP contribution in [0.3, 0.4) is 0 Å². The lowest BCUT2D eigenvalue weighted by Gasteiger charge is -2.14. The summed E-state index contributed by atoms with van der Waals surface area (Å²) in [5.74, 6) is -0.150. The van der Waals surface area contributed by atoms with Crippen LogP contribution in [-0.2, 0) is 4.79 Å². The Labute approximate surface area is 151 Å². The minimum Gasteiger partial charge on any atom is -0.483 e. The van der Waals surface area contributed by atoms with Crippen LogP contribution in [0.5, 0.6) is 5.75 Å². The summed E-state index contributed by atoms with van der Waals surface area (Å²) in [5.41, 5.74) is 1.68. The monoisotopic (exact) mass is 349 g/mol. The van der Waals surface area contributed by atoms with Gasteiger partial charge in [0.25, 0.3) is 11.8 Å². The van der Waals surface area contributed by atoms with E-state index in [0.717, 1.165) is 5.39 Å². The minimum absolute atomic E-state index is 0.132. The van der Waals surface area contributed by atoms with Crippen molar-refractivity contribution in [2.24, 2.45) is 0 Å². The minimum atomic E-state index is -0.323. The molecular weight excluding hydrogens is 330 g/mol. The zero-order chi connectivity index (χ0) is 18.5. The predicted molar refractivity (Wildman–Crippen MR) is 100 cm³/mol. The summed E-state index contributed by atoms with van der Waals surface area (Å²) in [4.78, 5) is 30.2. The van der Waals surface area contributed by atoms with Gasteiger partial charge in [-0.3, -0.25) is 14.6 Å². The number of anilines is 1. The number of ether oxygens (including phenoxy) is 1. The molecule has 0 saturated carbocycles. The molecule has 0 unspecified atom stereocenters. The number of rotatable bonds is 5. The maximum Gasteiger partial charge on any atom is 0.259 e. The Kier molecular flexibility index (Phi) is 5.12. The lowest BCUT2D eigenvalue weighted by atomic mass is 10.1. The second kappa shape index (κ2) is 7.65. The first kappa shape index (κ1) is 17.4. The van der Waals surface area contributed by atoms with Gasteiger partial charge in [-0.2, -0.15) is 0 Å². The Morgan fingerprint density at radius 3 is 2.62 bits per heavy atom. The fourth-order valence-electron chi connectivity index (χ4n) is 2.44. The number of carbonyl (C=O) groups excluding carboxylic acids is 2. The van der Waals surface area contributed by atoms with Gasteiger partial charge in [-0.05, 0) is 24.3 Å². The van der Waals surface area contributed by atoms with Crippen molar-refractivity contribution in [3.63, 3.8) is 0 Å². The fraction of sp³-hybridized carbons (Fsp3) is 0.150. The van der Waals surface area contributed by atoms with Crippen LogP contribution in [0.1, 0.15) is 10.4 Å². The summed E-state index contributed by atoms with van der Waals surface area (Å²) in [7, 11) is 3.30. The first-order valence-electron chi connectivity index (χ1n) is 8.13. The van der Waals surface area contributed by atoms with E-state index in [1.807, 2.05) is 24.3 Å². The van der Waals surface area contributed by atoms with Gasteiger partial charge in [0.1, 0.15) is 5.75 Å². The van der Waals surface area contributed by atoms with Gasteiger partial charge in [0, 0.05) is 25.7 Å². The summed E-state index contributed by atoms with van der Waals surface area (Å²) >= 11 is 0. The highest BCUT2D eigenvalue weighted by Gasteiger charge is 2.15. The number of carbonyl (C=O) groups is 2. The van der Waals surface area contributed by atoms with Crippen LogP contribution >= 0.6 is 0 Å². The van der Waals surface area contributed by atoms with Gasteiger partial charge >= 0.3 is 0 Å². The van der Waals surface area contributed by atoms with E-state index in [1.54, 1.807) is 50.6 Å². The average molecular weight is 349 g/mol. The first-order valence-corrected chi connectivity index (χ1v) is 8.13. The highest BCUT2D eigenvalue weighted by Crippen LogP contribution is 2.24. The highest BCUT2D eigenvalue weighted by atomic mass is 16.5. The maximum atomic E-state index is 12.7. The molecule has 0 saturated heterocycles. The van der Waals surface area contributed by atoms with Crippen LogP contribution in [-0.4, -0.2) is 42.4 Å². The molecule has 2 aromatic carbocycles. The summed E-state index contributed by atoms with van der Waals surface area (Å²) in [6.07, 6.45) is 1.68. The van der Waals surface area contributed by atoms with E-state index in [2.05, 4.69) is 10.3 Å². The van der Waals surface area contributed by atoms with Gasteiger partial charge in [0.05, 0.1) is 16.8 Å². The molecule has 2 amide bonds. The van der Waals surface area contributed by atoms with Gasteiger partial charge in [-0.1, -0.05) is 30.3 Å². The molecule has 1 N–H and O–H groups in total. The number of benzene rings is 2. The molecule has 1 aromatic heterocycles. The van der Waals surface area contributed by atoms with Gasteiger partial charge < -0.3 is 15.0 Å². The molecule has 0 aliphatic carbocycles. The third kappa shape index (κ3) is 3.80. The lowest BCUT2D eigenvalue weighted by Crippen LogP contribution is -2.28. The third-order valence-corrected chi connectivity index (χ3v) is 3.86. The van der Waals surface area contributed by atoms with Gasteiger partial charge in [-0.15, -0.1) is 0 Å². The zero-order valence-corrected chi connectivity index (χ0v) is 14.6. The Bertz CT molecular complexity index is 948. The van der Waals surface area contributed by atoms with Crippen molar-refractivity contribution < 1.29 is 14.3 Å². The van der Waals surface area contributed by atoms with Crippen LogP contribution in [0.2, 0.25) is 0 Å². The smallest absolute Gasteiger partial charge is 0.259 e. The van der Waals surface area contributed by atoms with Crippen molar-refractivity contribution in [3.05, 3.63) is 66.4 Å². The molecule has 0 aliphatic rings. The zero-order valence-electron chi connectivity index (χ0n) is 14.6. The van der Waals surface area contributed by atoms with Crippen molar-refractivity contribution in [1.29, 1.82) is 0 Å². The van der Waals surface area contributed by atoms with Crippen LogP contribution in [0.15, 0.2) is 60.8 Å². The number of hydrogen-bond acceptors (Lipinski definition) is 4. The number of fused-ring (bicyclic) bond motifs is 1. The molecule has 0 spiro atoms. The molecule has 3 rings (SSSR count). The predicted octanol–water partition coefficient (Wildman–Crippen LogP) is 2.95. The molecule has 6 heteroatoms. The van der Waals surface area contributed by atoms with E-state index in [4.69, 9.17) is 4.74 Å². The number of likely N-dealkylation sites (N-methyl/N-ethyl adjacent to an activating group) is 1. The normalized spacial score (nSPS) is 10.4. The number of nitrogens with one attached hydrogen (secondary N) is 1. The Morgan fingerprint density at radius 2 is 1.81 bits per heavy atom. The largest absolute Gasteiger partial charge is 0.483 e. The first-order chi connectivity index (χ1) is 12.6. The molecule has 0 aliphatic heterocycles. The SMILES string of the molecule is CN(C)C(=O)COc1ccccc1C(=O)Nc1cccc2cccnc12. The molecule has 0 radical (unpaired) electrons. The topological polar surface area (TPSA) is 71.5 Å². The maximum absolute atomic E-state index is 12.7. The quantitative estimate of drug-likeness (QED) is 0.769. The van der Waals surface area contributed by atoms with Gasteiger partial charge in [0.2, 0.25) is 0 Å². The number of aromatic nitrogens is 1. The molecule has 26 heavy (non-hydrogen) atoms. The molecule has 0 fully saturated rings. The molecule has 1 heterocycles. The van der Waals surface area contributed by atoms with Crippen molar-refractivity contribution in [1.82, 2.24) is 9.88 Å². The molecular formula is C20H19N3O3. The highest BCUT2D eigenvalue weighted by molar-refractivity contribution is 6.09. The Balaban J connectivity index is 1.83. The van der Waals surface area contributed by atoms with Crippen molar-refractivity contribution in [3.8, 4) is 5.75 Å². The van der Waals surface area contributed by atoms with Gasteiger partial charge in [0.15, 0.2) is 6.61 Å². The number of pyridine rings is 1. The summed E-state index contributed by atoms with van der Waals surface area (Å²) in [5, 5.41) is 3.81. The molecule has 0 bridgehead atoms. The molecule has 3 aromatic rings. The Morgan fingerprint density at radius 1 is 1.04 bits per heavy atom. The van der Waals surface area contributed by atoms with E-state index in [-0.39, 0.29) is 18.4 Å². The Hall–Kier alpha value is -3.41. The van der Waals surface area contributed by atoms with E-state index in [1.165, 1.54) is 4.90 Å². The van der Waals surface area contributed by atoms with Crippen LogP contribution in [0.4, 0.5) is 5.69 Å². The van der Waals surface area contributed by atoms with E-state index < -0.39 is 0 Å². The van der Waals surface area contributed by atoms with Crippen LogP contribution < -0.4 is 10.1 Å². The van der Waals surface area contributed by atoms with Crippen molar-refractivity contribution >= 4 is 28.4 Å². The molecule has 0 atom stereocenters. The van der Waals surface area contributed by atoms with Crippen molar-refractivity contribution in [2.45, 2.75) is 0 Å². The standard InChI is InChI=1S/C20H19N3O3/c1-23(2)18(24)13-26-17-11-4-3-9-15(17)20(25)22-16-10-5-7-14-8-6-12-21-19(14)16/h3-12H,13H2,1-2H3,(H,22,25). The molecule has 6 nitrogen and oxygen atoms in total. The second-order valence-corrected chi connectivity index (χ2v) is 5.91. The fourth-order valence-corrected chi connectivity index (χ4v) is 2.44. The number of amides is 2. The number of para-hydroxylation sites is 2. The number of hydrogen-bond donors (Lipinski definition) is 1. The summed E-state index contributed by atoms with van der Waals surface area (Å²) < 4.78 is 5.54. The second-order valence-electron chi connectivity index (χ2n) is 5.91. The summed E-state index contributed by atoms with van der Waals surface area (Å²) in [6.45, 7) is -0.132. The van der Waals surface area contributed by atoms with E-state index in [9.17, 15) is 9.59 Å². The lowest BCUT2D eigenvalue weighted by molar-refractivity contribution is -0.130. The summed E-state index contributed by atoms with van der Waals surface area (Å²) in [6, 6.07) is 16.2. The molecule has 132 valence electrons. The van der Waals surface area contributed by atoms with Crippen molar-refractivity contribution in [2.75, 3.05) is 26.0 Å². The van der Waals surface area contributed by atoms with Gasteiger partial charge in [-0.25, -0.2) is 0 Å². The van der Waals surface area contributed by atoms with Crippen LogP contribution in [0, 0.1) is 0 Å².